The summed E-state index contributed by atoms with van der Waals surface area (Å²) in [6.45, 7) is 7.77. The second-order valence-electron chi connectivity index (χ2n) is 6.55. The summed E-state index contributed by atoms with van der Waals surface area (Å²) in [6, 6.07) is 15.3. The minimum atomic E-state index is -0.132. The van der Waals surface area contributed by atoms with Crippen molar-refractivity contribution in [1.82, 2.24) is 5.32 Å². The lowest BCUT2D eigenvalue weighted by molar-refractivity contribution is -0.114. The van der Waals surface area contributed by atoms with Crippen molar-refractivity contribution in [3.63, 3.8) is 0 Å². The van der Waals surface area contributed by atoms with Crippen LogP contribution in [0.25, 0.3) is 0 Å². The van der Waals surface area contributed by atoms with Gasteiger partial charge in [0.25, 0.3) is 5.91 Å². The molecule has 1 unspecified atom stereocenters. The molecule has 0 saturated heterocycles. The van der Waals surface area contributed by atoms with Crippen molar-refractivity contribution in [3.05, 3.63) is 65.2 Å². The van der Waals surface area contributed by atoms with Gasteiger partial charge in [0.2, 0.25) is 5.91 Å². The normalized spacial score (nSPS) is 11.9. The molecule has 25 heavy (non-hydrogen) atoms. The summed E-state index contributed by atoms with van der Waals surface area (Å²) in [5.74, 6) is 0.0234. The number of hydrogen-bond acceptors (Lipinski definition) is 2. The number of aryl methyl sites for hydroxylation is 1. The van der Waals surface area contributed by atoms with Gasteiger partial charge < -0.3 is 10.6 Å². The van der Waals surface area contributed by atoms with Crippen LogP contribution in [0.1, 0.15) is 55.2 Å². The SMILES string of the molecule is CCc1ccc(C(NC(=O)c2ccc(NC(C)=O)cc2)C(C)C)cc1. The molecule has 0 fully saturated rings. The van der Waals surface area contributed by atoms with Gasteiger partial charge in [-0.25, -0.2) is 0 Å². The van der Waals surface area contributed by atoms with E-state index in [2.05, 4.69) is 55.7 Å². The fraction of sp³-hybridized carbons (Fsp3) is 0.333. The highest BCUT2D eigenvalue weighted by molar-refractivity contribution is 5.95. The van der Waals surface area contributed by atoms with Gasteiger partial charge in [0.1, 0.15) is 0 Å². The van der Waals surface area contributed by atoms with Crippen molar-refractivity contribution in [2.45, 2.75) is 40.2 Å². The molecule has 0 aliphatic heterocycles. The third kappa shape index (κ3) is 5.18. The molecule has 0 aromatic heterocycles. The molecule has 0 spiro atoms. The lowest BCUT2D eigenvalue weighted by Crippen LogP contribution is -2.31. The minimum Gasteiger partial charge on any atom is -0.345 e. The molecule has 0 aliphatic rings. The van der Waals surface area contributed by atoms with E-state index in [4.69, 9.17) is 0 Å². The summed E-state index contributed by atoms with van der Waals surface area (Å²) in [5.41, 5.74) is 3.64. The molecule has 132 valence electrons. The summed E-state index contributed by atoms with van der Waals surface area (Å²) in [4.78, 5) is 23.7. The molecule has 2 amide bonds. The Morgan fingerprint density at radius 1 is 0.960 bits per heavy atom. The molecule has 0 aliphatic carbocycles. The van der Waals surface area contributed by atoms with Crippen LogP contribution in [0.3, 0.4) is 0 Å². The van der Waals surface area contributed by atoms with Crippen LogP contribution in [-0.4, -0.2) is 11.8 Å². The van der Waals surface area contributed by atoms with E-state index < -0.39 is 0 Å². The number of carbonyl (C=O) groups excluding carboxylic acids is 2. The minimum absolute atomic E-state index is 0.0478. The van der Waals surface area contributed by atoms with Crippen LogP contribution < -0.4 is 10.6 Å². The van der Waals surface area contributed by atoms with Crippen LogP contribution in [0, 0.1) is 5.92 Å². The quantitative estimate of drug-likeness (QED) is 0.823. The van der Waals surface area contributed by atoms with Crippen molar-refractivity contribution < 1.29 is 9.59 Å². The van der Waals surface area contributed by atoms with E-state index in [1.54, 1.807) is 24.3 Å². The fourth-order valence-corrected chi connectivity index (χ4v) is 2.73. The first-order valence-electron chi connectivity index (χ1n) is 8.68. The van der Waals surface area contributed by atoms with Crippen LogP contribution in [-0.2, 0) is 11.2 Å². The van der Waals surface area contributed by atoms with Gasteiger partial charge in [-0.3, -0.25) is 9.59 Å². The first kappa shape index (κ1) is 18.7. The highest BCUT2D eigenvalue weighted by Crippen LogP contribution is 2.23. The molecule has 2 aromatic carbocycles. The first-order valence-corrected chi connectivity index (χ1v) is 8.68. The number of anilines is 1. The Labute approximate surface area is 149 Å². The zero-order valence-electron chi connectivity index (χ0n) is 15.3. The molecule has 0 saturated carbocycles. The molecule has 2 rings (SSSR count). The predicted octanol–water partition coefficient (Wildman–Crippen LogP) is 4.33. The van der Waals surface area contributed by atoms with Crippen molar-refractivity contribution >= 4 is 17.5 Å². The Kier molecular flexibility index (Phi) is 6.34. The largest absolute Gasteiger partial charge is 0.345 e. The highest BCUT2D eigenvalue weighted by atomic mass is 16.2. The Morgan fingerprint density at radius 3 is 2.04 bits per heavy atom. The van der Waals surface area contributed by atoms with E-state index in [-0.39, 0.29) is 23.8 Å². The molecular weight excluding hydrogens is 312 g/mol. The maximum Gasteiger partial charge on any atom is 0.251 e. The lowest BCUT2D eigenvalue weighted by atomic mass is 9.94. The van der Waals surface area contributed by atoms with Gasteiger partial charge in [0.15, 0.2) is 0 Å². The lowest BCUT2D eigenvalue weighted by Gasteiger charge is -2.23. The summed E-state index contributed by atoms with van der Waals surface area (Å²) < 4.78 is 0. The molecule has 2 N–H and O–H groups in total. The molecule has 1 atom stereocenters. The van der Waals surface area contributed by atoms with E-state index in [9.17, 15) is 9.59 Å². The van der Waals surface area contributed by atoms with Gasteiger partial charge in [-0.15, -0.1) is 0 Å². The molecule has 0 radical (unpaired) electrons. The van der Waals surface area contributed by atoms with E-state index >= 15 is 0 Å². The average Bonchev–Trinajstić information content (AvgIpc) is 2.59. The van der Waals surface area contributed by atoms with Crippen LogP contribution in [0.5, 0.6) is 0 Å². The Morgan fingerprint density at radius 2 is 1.56 bits per heavy atom. The summed E-state index contributed by atoms with van der Waals surface area (Å²) >= 11 is 0. The topological polar surface area (TPSA) is 58.2 Å². The molecule has 4 nitrogen and oxygen atoms in total. The number of carbonyl (C=O) groups is 2. The summed E-state index contributed by atoms with van der Waals surface area (Å²) in [6.07, 6.45) is 1.000. The van der Waals surface area contributed by atoms with Gasteiger partial charge >= 0.3 is 0 Å². The third-order valence-electron chi connectivity index (χ3n) is 4.17. The van der Waals surface area contributed by atoms with Crippen molar-refractivity contribution in [2.75, 3.05) is 5.32 Å². The van der Waals surface area contributed by atoms with E-state index in [0.717, 1.165) is 12.0 Å². The smallest absolute Gasteiger partial charge is 0.251 e. The molecule has 2 aromatic rings. The molecule has 0 heterocycles. The van der Waals surface area contributed by atoms with Gasteiger partial charge in [-0.2, -0.15) is 0 Å². The van der Waals surface area contributed by atoms with Crippen LogP contribution in [0.2, 0.25) is 0 Å². The highest BCUT2D eigenvalue weighted by Gasteiger charge is 2.19. The van der Waals surface area contributed by atoms with Crippen molar-refractivity contribution in [3.8, 4) is 0 Å². The number of amides is 2. The number of rotatable bonds is 6. The number of hydrogen-bond donors (Lipinski definition) is 2. The van der Waals surface area contributed by atoms with E-state index in [1.807, 2.05) is 0 Å². The summed E-state index contributed by atoms with van der Waals surface area (Å²) in [5, 5.41) is 5.82. The fourth-order valence-electron chi connectivity index (χ4n) is 2.73. The third-order valence-corrected chi connectivity index (χ3v) is 4.17. The average molecular weight is 338 g/mol. The summed E-state index contributed by atoms with van der Waals surface area (Å²) in [7, 11) is 0. The monoisotopic (exact) mass is 338 g/mol. The maximum atomic E-state index is 12.6. The zero-order chi connectivity index (χ0) is 18.4. The van der Waals surface area contributed by atoms with Crippen LogP contribution in [0.15, 0.2) is 48.5 Å². The standard InChI is InChI=1S/C21H26N2O2/c1-5-16-6-8-17(9-7-16)20(14(2)3)23-21(25)18-10-12-19(13-11-18)22-15(4)24/h6-14,20H,5H2,1-4H3,(H,22,24)(H,23,25). The maximum absolute atomic E-state index is 12.6. The molecule has 0 bridgehead atoms. The van der Waals surface area contributed by atoms with Crippen LogP contribution >= 0.6 is 0 Å². The first-order chi connectivity index (χ1) is 11.9. The van der Waals surface area contributed by atoms with Gasteiger partial charge in [-0.1, -0.05) is 45.0 Å². The predicted molar refractivity (Wildman–Crippen MR) is 102 cm³/mol. The van der Waals surface area contributed by atoms with Gasteiger partial charge in [0, 0.05) is 18.2 Å². The zero-order valence-corrected chi connectivity index (χ0v) is 15.3. The van der Waals surface area contributed by atoms with E-state index in [0.29, 0.717) is 11.3 Å². The Hall–Kier alpha value is -2.62. The molecular formula is C21H26N2O2. The van der Waals surface area contributed by atoms with Gasteiger partial charge in [0.05, 0.1) is 6.04 Å². The van der Waals surface area contributed by atoms with Crippen LogP contribution in [0.4, 0.5) is 5.69 Å². The van der Waals surface area contributed by atoms with Gasteiger partial charge in [-0.05, 0) is 47.7 Å². The molecule has 4 heteroatoms. The van der Waals surface area contributed by atoms with E-state index in [1.165, 1.54) is 12.5 Å². The van der Waals surface area contributed by atoms with Crippen molar-refractivity contribution in [1.29, 1.82) is 0 Å². The second kappa shape index (κ2) is 8.47. The van der Waals surface area contributed by atoms with Crippen molar-refractivity contribution in [2.24, 2.45) is 5.92 Å². The second-order valence-corrected chi connectivity index (χ2v) is 6.55. The Balaban J connectivity index is 2.12. The number of nitrogens with one attached hydrogen (secondary N) is 2. The Bertz CT molecular complexity index is 719. The number of benzene rings is 2.